The third kappa shape index (κ3) is 5.55. The number of Topliss-reactive ketones (excluding diaryl/α,β-unsaturated/α-hetero) is 1. The molecule has 0 aromatic heterocycles. The third-order valence-electron chi connectivity index (χ3n) is 5.02. The molecule has 1 aliphatic heterocycles. The van der Waals surface area contributed by atoms with Gasteiger partial charge in [-0.2, -0.15) is 0 Å². The molecule has 0 bridgehead atoms. The lowest BCUT2D eigenvalue weighted by Crippen LogP contribution is -2.39. The summed E-state index contributed by atoms with van der Waals surface area (Å²) < 4.78 is 0. The molecule has 26 heavy (non-hydrogen) atoms. The van der Waals surface area contributed by atoms with E-state index in [2.05, 4.69) is 29.2 Å². The molecule has 2 aromatic carbocycles. The van der Waals surface area contributed by atoms with Crippen LogP contribution >= 0.6 is 24.8 Å². The molecular formula is C21H28Cl2N2O. The van der Waals surface area contributed by atoms with Crippen LogP contribution in [-0.2, 0) is 0 Å². The number of benzene rings is 2. The number of carbonyl (C=O) groups excluding carboxylic acids is 1. The van der Waals surface area contributed by atoms with Crippen LogP contribution in [0.25, 0.3) is 0 Å². The van der Waals surface area contributed by atoms with E-state index < -0.39 is 0 Å². The molecule has 2 N–H and O–H groups in total. The quantitative estimate of drug-likeness (QED) is 0.732. The fourth-order valence-corrected chi connectivity index (χ4v) is 3.70. The summed E-state index contributed by atoms with van der Waals surface area (Å²) in [6, 6.07) is 20.6. The van der Waals surface area contributed by atoms with Crippen molar-refractivity contribution in [1.82, 2.24) is 4.90 Å². The molecule has 1 atom stereocenters. The highest BCUT2D eigenvalue weighted by molar-refractivity contribution is 5.97. The lowest BCUT2D eigenvalue weighted by molar-refractivity contribution is 0.0783. The molecule has 1 unspecified atom stereocenters. The van der Waals surface area contributed by atoms with Crippen LogP contribution in [0.4, 0.5) is 0 Å². The van der Waals surface area contributed by atoms with Gasteiger partial charge in [0.05, 0.1) is 0 Å². The number of halogens is 2. The van der Waals surface area contributed by atoms with Crippen LogP contribution in [0.15, 0.2) is 60.7 Å². The summed E-state index contributed by atoms with van der Waals surface area (Å²) in [7, 11) is 0. The van der Waals surface area contributed by atoms with Crippen molar-refractivity contribution < 1.29 is 4.79 Å². The van der Waals surface area contributed by atoms with E-state index >= 15 is 0 Å². The first-order chi connectivity index (χ1) is 11.8. The summed E-state index contributed by atoms with van der Waals surface area (Å²) in [5, 5.41) is 0. The monoisotopic (exact) mass is 394 g/mol. The number of likely N-dealkylation sites (tertiary alicyclic amines) is 1. The summed E-state index contributed by atoms with van der Waals surface area (Å²) in [6.07, 6.45) is 2.82. The highest BCUT2D eigenvalue weighted by Gasteiger charge is 2.29. The second kappa shape index (κ2) is 11.3. The van der Waals surface area contributed by atoms with Crippen LogP contribution < -0.4 is 5.73 Å². The highest BCUT2D eigenvalue weighted by Crippen LogP contribution is 2.30. The maximum absolute atomic E-state index is 12.6. The smallest absolute Gasteiger partial charge is 0.166 e. The molecule has 1 aliphatic rings. The number of hydrogen-bond donors (Lipinski definition) is 1. The van der Waals surface area contributed by atoms with Gasteiger partial charge in [0.25, 0.3) is 0 Å². The number of rotatable bonds is 6. The van der Waals surface area contributed by atoms with Crippen molar-refractivity contribution >= 4 is 30.6 Å². The fourth-order valence-electron chi connectivity index (χ4n) is 3.70. The van der Waals surface area contributed by atoms with Crippen molar-refractivity contribution in [1.29, 1.82) is 0 Å². The Morgan fingerprint density at radius 1 is 0.962 bits per heavy atom. The van der Waals surface area contributed by atoms with Crippen LogP contribution in [0.1, 0.15) is 41.2 Å². The van der Waals surface area contributed by atoms with Crippen molar-refractivity contribution in [2.45, 2.75) is 25.3 Å². The first-order valence-electron chi connectivity index (χ1n) is 8.88. The van der Waals surface area contributed by atoms with Gasteiger partial charge in [-0.3, -0.25) is 9.69 Å². The van der Waals surface area contributed by atoms with E-state index in [0.29, 0.717) is 18.4 Å². The van der Waals surface area contributed by atoms with E-state index in [1.165, 1.54) is 5.56 Å². The predicted octanol–water partition coefficient (Wildman–Crippen LogP) is 4.52. The minimum atomic E-state index is 0. The average molecular weight is 395 g/mol. The fraction of sp³-hybridized carbons (Fsp3) is 0.381. The maximum atomic E-state index is 12.6. The maximum Gasteiger partial charge on any atom is 0.166 e. The molecule has 0 spiro atoms. The predicted molar refractivity (Wildman–Crippen MR) is 112 cm³/mol. The highest BCUT2D eigenvalue weighted by atomic mass is 35.5. The Hall–Kier alpha value is -1.39. The number of carbonyl (C=O) groups is 1. The first-order valence-corrected chi connectivity index (χ1v) is 8.88. The Kier molecular flexibility index (Phi) is 9.89. The molecule has 0 saturated carbocycles. The van der Waals surface area contributed by atoms with Gasteiger partial charge in [0.1, 0.15) is 0 Å². The van der Waals surface area contributed by atoms with E-state index in [4.69, 9.17) is 5.73 Å². The van der Waals surface area contributed by atoms with Crippen LogP contribution in [0.3, 0.4) is 0 Å². The second-order valence-electron chi connectivity index (χ2n) is 6.54. The van der Waals surface area contributed by atoms with E-state index in [1.54, 1.807) is 0 Å². The molecule has 1 fully saturated rings. The van der Waals surface area contributed by atoms with Gasteiger partial charge in [-0.25, -0.2) is 0 Å². The Morgan fingerprint density at radius 3 is 2.04 bits per heavy atom. The lowest BCUT2D eigenvalue weighted by atomic mass is 9.87. The van der Waals surface area contributed by atoms with Crippen molar-refractivity contribution in [2.24, 2.45) is 11.7 Å². The standard InChI is InChI=1S/C21H26N2O.2ClH/c22-14-11-20(17-7-3-1-4-8-17)23-15-12-19(13-16-23)21(24)18-9-5-2-6-10-18;;/h1-10,19-20H,11-16,22H2;2*1H. The molecule has 0 amide bonds. The topological polar surface area (TPSA) is 46.3 Å². The zero-order valence-electron chi connectivity index (χ0n) is 14.9. The van der Waals surface area contributed by atoms with E-state index in [9.17, 15) is 4.79 Å². The van der Waals surface area contributed by atoms with Crippen LogP contribution in [0.2, 0.25) is 0 Å². The number of nitrogens with zero attached hydrogens (tertiary/aromatic N) is 1. The van der Waals surface area contributed by atoms with Gasteiger partial charge in [0.2, 0.25) is 0 Å². The van der Waals surface area contributed by atoms with Gasteiger partial charge in [-0.15, -0.1) is 24.8 Å². The third-order valence-corrected chi connectivity index (χ3v) is 5.02. The minimum Gasteiger partial charge on any atom is -0.330 e. The second-order valence-corrected chi connectivity index (χ2v) is 6.54. The lowest BCUT2D eigenvalue weighted by Gasteiger charge is -2.37. The summed E-state index contributed by atoms with van der Waals surface area (Å²) >= 11 is 0. The minimum absolute atomic E-state index is 0. The summed E-state index contributed by atoms with van der Waals surface area (Å²) in [5.41, 5.74) is 8.02. The zero-order chi connectivity index (χ0) is 16.8. The molecule has 0 aliphatic carbocycles. The molecule has 142 valence electrons. The molecule has 0 radical (unpaired) electrons. The molecule has 3 rings (SSSR count). The molecule has 2 aromatic rings. The van der Waals surface area contributed by atoms with E-state index in [0.717, 1.165) is 37.9 Å². The molecule has 3 nitrogen and oxygen atoms in total. The zero-order valence-corrected chi connectivity index (χ0v) is 16.6. The molecule has 1 saturated heterocycles. The van der Waals surface area contributed by atoms with Gasteiger partial charge in [0.15, 0.2) is 5.78 Å². The summed E-state index contributed by atoms with van der Waals surface area (Å²) in [4.78, 5) is 15.1. The first kappa shape index (κ1) is 22.7. The van der Waals surface area contributed by atoms with E-state index in [-0.39, 0.29) is 30.7 Å². The molecular weight excluding hydrogens is 367 g/mol. The summed E-state index contributed by atoms with van der Waals surface area (Å²) in [6.45, 7) is 2.61. The molecule has 1 heterocycles. The number of piperidine rings is 1. The van der Waals surface area contributed by atoms with Crippen molar-refractivity contribution in [3.8, 4) is 0 Å². The van der Waals surface area contributed by atoms with Gasteiger partial charge in [0, 0.05) is 17.5 Å². The Labute approximate surface area is 168 Å². The van der Waals surface area contributed by atoms with Crippen LogP contribution in [-0.4, -0.2) is 30.3 Å². The normalized spacial score (nSPS) is 16.2. The number of hydrogen-bond acceptors (Lipinski definition) is 3. The van der Waals surface area contributed by atoms with Crippen molar-refractivity contribution in [2.75, 3.05) is 19.6 Å². The Bertz CT molecular complexity index is 644. The summed E-state index contributed by atoms with van der Waals surface area (Å²) in [5.74, 6) is 0.447. The molecule has 5 heteroatoms. The van der Waals surface area contributed by atoms with Gasteiger partial charge >= 0.3 is 0 Å². The average Bonchev–Trinajstić information content (AvgIpc) is 2.67. The van der Waals surface area contributed by atoms with E-state index in [1.807, 2.05) is 36.4 Å². The van der Waals surface area contributed by atoms with Crippen molar-refractivity contribution in [3.05, 3.63) is 71.8 Å². The van der Waals surface area contributed by atoms with Crippen LogP contribution in [0.5, 0.6) is 0 Å². The van der Waals surface area contributed by atoms with Gasteiger partial charge in [-0.05, 0) is 44.5 Å². The Balaban J connectivity index is 0.00000169. The van der Waals surface area contributed by atoms with Gasteiger partial charge < -0.3 is 5.73 Å². The number of nitrogens with two attached hydrogens (primary N) is 1. The van der Waals surface area contributed by atoms with Crippen molar-refractivity contribution in [3.63, 3.8) is 0 Å². The number of ketones is 1. The van der Waals surface area contributed by atoms with Crippen LogP contribution in [0, 0.1) is 5.92 Å². The van der Waals surface area contributed by atoms with Gasteiger partial charge in [-0.1, -0.05) is 60.7 Å². The SMILES string of the molecule is Cl.Cl.NCCC(c1ccccc1)N1CCC(C(=O)c2ccccc2)CC1. The Morgan fingerprint density at radius 2 is 1.50 bits per heavy atom. The largest absolute Gasteiger partial charge is 0.330 e.